The molecule has 2 aromatic carbocycles. The molecule has 22 heavy (non-hydrogen) atoms. The van der Waals surface area contributed by atoms with Gasteiger partial charge in [0.2, 0.25) is 0 Å². The molecule has 0 aromatic heterocycles. The van der Waals surface area contributed by atoms with Gasteiger partial charge in [-0.25, -0.2) is 0 Å². The van der Waals surface area contributed by atoms with Crippen molar-refractivity contribution in [3.05, 3.63) is 63.1 Å². The van der Waals surface area contributed by atoms with Crippen LogP contribution in [-0.4, -0.2) is 18.3 Å². The molecule has 0 saturated heterocycles. The molecule has 0 spiro atoms. The van der Waals surface area contributed by atoms with E-state index < -0.39 is 5.25 Å². The van der Waals surface area contributed by atoms with Gasteiger partial charge in [-0.05, 0) is 48.4 Å². The largest absolute Gasteiger partial charge is 0.468 e. The lowest BCUT2D eigenvalue weighted by Crippen LogP contribution is -2.21. The number of esters is 1. The van der Waals surface area contributed by atoms with Crippen LogP contribution >= 0.6 is 46.6 Å². The van der Waals surface area contributed by atoms with Crippen molar-refractivity contribution in [3.8, 4) is 0 Å². The number of benzene rings is 2. The molecule has 2 rings (SSSR count). The van der Waals surface area contributed by atoms with Crippen LogP contribution in [0.15, 0.2) is 47.4 Å². The third-order valence-electron chi connectivity index (χ3n) is 2.98. The van der Waals surface area contributed by atoms with Crippen molar-refractivity contribution in [1.29, 1.82) is 0 Å². The van der Waals surface area contributed by atoms with E-state index in [1.54, 1.807) is 24.3 Å². The molecule has 0 aliphatic carbocycles. The Balaban J connectivity index is 2.19. The maximum absolute atomic E-state index is 12.0. The summed E-state index contributed by atoms with van der Waals surface area (Å²) < 4.78 is 4.89. The van der Waals surface area contributed by atoms with Gasteiger partial charge in [-0.2, -0.15) is 0 Å². The second-order valence-corrected chi connectivity index (χ2v) is 7.08. The van der Waals surface area contributed by atoms with Crippen LogP contribution in [0.3, 0.4) is 0 Å². The number of halogens is 3. The molecule has 116 valence electrons. The van der Waals surface area contributed by atoms with Gasteiger partial charge in [0.25, 0.3) is 0 Å². The topological polar surface area (TPSA) is 26.3 Å². The lowest BCUT2D eigenvalue weighted by Gasteiger charge is -2.15. The Labute approximate surface area is 148 Å². The molecule has 2 nitrogen and oxygen atoms in total. The predicted molar refractivity (Wildman–Crippen MR) is 93.3 cm³/mol. The average Bonchev–Trinajstić information content (AvgIpc) is 2.50. The maximum Gasteiger partial charge on any atom is 0.319 e. The number of thioether (sulfide) groups is 1. The zero-order chi connectivity index (χ0) is 16.1. The Morgan fingerprint density at radius 1 is 1.09 bits per heavy atom. The maximum atomic E-state index is 12.0. The van der Waals surface area contributed by atoms with Gasteiger partial charge in [0, 0.05) is 20.0 Å². The van der Waals surface area contributed by atoms with Gasteiger partial charge in [-0.3, -0.25) is 4.79 Å². The van der Waals surface area contributed by atoms with Crippen molar-refractivity contribution in [2.75, 3.05) is 7.11 Å². The molecule has 0 heterocycles. The highest BCUT2D eigenvalue weighted by atomic mass is 35.5. The molecule has 1 unspecified atom stereocenters. The highest BCUT2D eigenvalue weighted by molar-refractivity contribution is 8.00. The molecule has 1 atom stereocenters. The Bertz CT molecular complexity index is 659. The molecule has 0 radical (unpaired) electrons. The number of hydrogen-bond donors (Lipinski definition) is 0. The van der Waals surface area contributed by atoms with Crippen LogP contribution in [0.2, 0.25) is 15.1 Å². The number of ether oxygens (including phenoxy) is 1. The van der Waals surface area contributed by atoms with Crippen LogP contribution in [0.1, 0.15) is 5.56 Å². The van der Waals surface area contributed by atoms with E-state index in [0.717, 1.165) is 10.5 Å². The van der Waals surface area contributed by atoms with E-state index in [4.69, 9.17) is 39.5 Å². The second-order valence-electron chi connectivity index (χ2n) is 4.52. The van der Waals surface area contributed by atoms with Gasteiger partial charge in [0.1, 0.15) is 5.25 Å². The van der Waals surface area contributed by atoms with Gasteiger partial charge in [-0.15, -0.1) is 11.8 Å². The SMILES string of the molecule is COC(=O)C(Cc1ccc(Cl)cc1Cl)Sc1ccc(Cl)cc1. The minimum absolute atomic E-state index is 0.300. The summed E-state index contributed by atoms with van der Waals surface area (Å²) in [4.78, 5) is 13.0. The summed E-state index contributed by atoms with van der Waals surface area (Å²) in [5.74, 6) is -0.300. The van der Waals surface area contributed by atoms with Crippen molar-refractivity contribution in [2.45, 2.75) is 16.6 Å². The molecule has 2 aromatic rings. The predicted octanol–water partition coefficient (Wildman–Crippen LogP) is 5.52. The number of carbonyl (C=O) groups excluding carboxylic acids is 1. The number of rotatable bonds is 5. The van der Waals surface area contributed by atoms with Crippen molar-refractivity contribution in [3.63, 3.8) is 0 Å². The monoisotopic (exact) mass is 374 g/mol. The molecular formula is C16H13Cl3O2S. The Morgan fingerprint density at radius 2 is 1.73 bits per heavy atom. The normalized spacial score (nSPS) is 12.0. The lowest BCUT2D eigenvalue weighted by atomic mass is 10.1. The van der Waals surface area contributed by atoms with E-state index in [9.17, 15) is 4.79 Å². The standard InChI is InChI=1S/C16H13Cl3O2S/c1-21-16(20)15(22-13-6-4-11(17)5-7-13)8-10-2-3-12(18)9-14(10)19/h2-7,9,15H,8H2,1H3. The zero-order valence-electron chi connectivity index (χ0n) is 11.7. The molecule has 0 amide bonds. The van der Waals surface area contributed by atoms with Crippen molar-refractivity contribution in [1.82, 2.24) is 0 Å². The fourth-order valence-electron chi connectivity index (χ4n) is 1.87. The van der Waals surface area contributed by atoms with E-state index >= 15 is 0 Å². The van der Waals surface area contributed by atoms with Gasteiger partial charge in [-0.1, -0.05) is 40.9 Å². The summed E-state index contributed by atoms with van der Waals surface area (Å²) in [7, 11) is 1.38. The molecular weight excluding hydrogens is 363 g/mol. The van der Waals surface area contributed by atoms with Gasteiger partial charge < -0.3 is 4.74 Å². The van der Waals surface area contributed by atoms with Crippen LogP contribution < -0.4 is 0 Å². The third kappa shape index (κ3) is 4.82. The first-order valence-corrected chi connectivity index (χ1v) is 8.45. The average molecular weight is 376 g/mol. The summed E-state index contributed by atoms with van der Waals surface area (Å²) in [5.41, 5.74) is 0.850. The van der Waals surface area contributed by atoms with E-state index in [0.29, 0.717) is 21.5 Å². The molecule has 6 heteroatoms. The molecule has 0 fully saturated rings. The van der Waals surface area contributed by atoms with E-state index in [-0.39, 0.29) is 5.97 Å². The fourth-order valence-corrected chi connectivity index (χ4v) is 3.56. The molecule has 0 aliphatic rings. The fraction of sp³-hybridized carbons (Fsp3) is 0.188. The Kier molecular flexibility index (Phi) is 6.45. The molecule has 0 aliphatic heterocycles. The summed E-state index contributed by atoms with van der Waals surface area (Å²) in [6, 6.07) is 12.5. The van der Waals surface area contributed by atoms with Crippen molar-refractivity contribution < 1.29 is 9.53 Å². The van der Waals surface area contributed by atoms with Crippen molar-refractivity contribution in [2.24, 2.45) is 0 Å². The van der Waals surface area contributed by atoms with Crippen LogP contribution in [0.25, 0.3) is 0 Å². The first-order valence-electron chi connectivity index (χ1n) is 6.43. The van der Waals surface area contributed by atoms with Gasteiger partial charge in [0.05, 0.1) is 7.11 Å². The molecule has 0 saturated carbocycles. The lowest BCUT2D eigenvalue weighted by molar-refractivity contribution is -0.139. The van der Waals surface area contributed by atoms with Crippen LogP contribution in [0.5, 0.6) is 0 Å². The molecule has 0 N–H and O–H groups in total. The Hall–Kier alpha value is -0.870. The van der Waals surface area contributed by atoms with E-state index in [1.165, 1.54) is 18.9 Å². The third-order valence-corrected chi connectivity index (χ3v) is 5.00. The van der Waals surface area contributed by atoms with Gasteiger partial charge >= 0.3 is 5.97 Å². The summed E-state index contributed by atoms with van der Waals surface area (Å²) >= 11 is 19.4. The minimum atomic E-state index is -0.398. The summed E-state index contributed by atoms with van der Waals surface area (Å²) in [5, 5.41) is 1.36. The Morgan fingerprint density at radius 3 is 2.32 bits per heavy atom. The van der Waals surface area contributed by atoms with E-state index in [1.807, 2.05) is 18.2 Å². The number of hydrogen-bond acceptors (Lipinski definition) is 3. The summed E-state index contributed by atoms with van der Waals surface area (Å²) in [6.07, 6.45) is 0.454. The van der Waals surface area contributed by atoms with Crippen LogP contribution in [0, 0.1) is 0 Å². The van der Waals surface area contributed by atoms with Crippen LogP contribution in [-0.2, 0) is 16.0 Å². The minimum Gasteiger partial charge on any atom is -0.468 e. The quantitative estimate of drug-likeness (QED) is 0.508. The number of carbonyl (C=O) groups is 1. The zero-order valence-corrected chi connectivity index (χ0v) is 14.8. The first kappa shape index (κ1) is 17.5. The van der Waals surface area contributed by atoms with Crippen LogP contribution in [0.4, 0.5) is 0 Å². The van der Waals surface area contributed by atoms with Gasteiger partial charge in [0.15, 0.2) is 0 Å². The number of methoxy groups -OCH3 is 1. The smallest absolute Gasteiger partial charge is 0.319 e. The molecule has 0 bridgehead atoms. The van der Waals surface area contributed by atoms with E-state index in [2.05, 4.69) is 0 Å². The highest BCUT2D eigenvalue weighted by Crippen LogP contribution is 2.30. The first-order chi connectivity index (χ1) is 10.5. The van der Waals surface area contributed by atoms with Crippen molar-refractivity contribution >= 4 is 52.5 Å². The second kappa shape index (κ2) is 8.11. The summed E-state index contributed by atoms with van der Waals surface area (Å²) in [6.45, 7) is 0. The highest BCUT2D eigenvalue weighted by Gasteiger charge is 2.22.